The van der Waals surface area contributed by atoms with Crippen molar-refractivity contribution in [2.75, 3.05) is 20.2 Å². The van der Waals surface area contributed by atoms with Crippen LogP contribution < -0.4 is 10.5 Å². The standard InChI is InChI=1S/C16H24N2O/c1-19-15-8-4-13(5-9-15)16(17)11-18(14-6-7-14)10-12-2-3-12/h4-5,8-9,12,14,16H,2-3,6-7,10-11,17H2,1H3. The minimum atomic E-state index is 0.116. The van der Waals surface area contributed by atoms with E-state index in [1.165, 1.54) is 37.8 Å². The molecule has 3 nitrogen and oxygen atoms in total. The Morgan fingerprint density at radius 1 is 1.21 bits per heavy atom. The fourth-order valence-electron chi connectivity index (χ4n) is 2.65. The Bertz CT molecular complexity index is 409. The van der Waals surface area contributed by atoms with E-state index < -0.39 is 0 Å². The summed E-state index contributed by atoms with van der Waals surface area (Å²) in [7, 11) is 1.69. The average molecular weight is 260 g/mol. The first-order valence-electron chi connectivity index (χ1n) is 7.40. The molecule has 2 aliphatic rings. The van der Waals surface area contributed by atoms with Gasteiger partial charge < -0.3 is 10.5 Å². The van der Waals surface area contributed by atoms with Crippen molar-refractivity contribution in [3.63, 3.8) is 0 Å². The summed E-state index contributed by atoms with van der Waals surface area (Å²) in [6, 6.07) is 9.10. The lowest BCUT2D eigenvalue weighted by atomic mass is 10.1. The van der Waals surface area contributed by atoms with Crippen LogP contribution >= 0.6 is 0 Å². The van der Waals surface area contributed by atoms with E-state index in [0.29, 0.717) is 0 Å². The van der Waals surface area contributed by atoms with Gasteiger partial charge in [-0.1, -0.05) is 12.1 Å². The number of methoxy groups -OCH3 is 1. The lowest BCUT2D eigenvalue weighted by molar-refractivity contribution is 0.237. The molecule has 0 spiro atoms. The van der Waals surface area contributed by atoms with Gasteiger partial charge in [-0.2, -0.15) is 0 Å². The van der Waals surface area contributed by atoms with Gasteiger partial charge in [-0.15, -0.1) is 0 Å². The van der Waals surface area contributed by atoms with Crippen molar-refractivity contribution < 1.29 is 4.74 Å². The fourth-order valence-corrected chi connectivity index (χ4v) is 2.65. The van der Waals surface area contributed by atoms with Gasteiger partial charge in [0.15, 0.2) is 0 Å². The second-order valence-corrected chi connectivity index (χ2v) is 6.01. The third kappa shape index (κ3) is 3.48. The highest BCUT2D eigenvalue weighted by molar-refractivity contribution is 5.29. The van der Waals surface area contributed by atoms with Crippen LogP contribution in [0.4, 0.5) is 0 Å². The molecule has 2 saturated carbocycles. The van der Waals surface area contributed by atoms with Crippen LogP contribution in [0.25, 0.3) is 0 Å². The van der Waals surface area contributed by atoms with Gasteiger partial charge in [-0.3, -0.25) is 4.90 Å². The zero-order valence-corrected chi connectivity index (χ0v) is 11.7. The van der Waals surface area contributed by atoms with E-state index in [0.717, 1.165) is 24.3 Å². The summed E-state index contributed by atoms with van der Waals surface area (Å²) in [5.41, 5.74) is 7.58. The molecule has 1 aromatic carbocycles. The Hall–Kier alpha value is -1.06. The Kier molecular flexibility index (Phi) is 3.76. The van der Waals surface area contributed by atoms with Crippen LogP contribution in [0.15, 0.2) is 24.3 Å². The number of rotatable bonds is 7. The first kappa shape index (κ1) is 12.9. The van der Waals surface area contributed by atoms with Crippen molar-refractivity contribution in [1.29, 1.82) is 0 Å². The van der Waals surface area contributed by atoms with Gasteiger partial charge in [-0.25, -0.2) is 0 Å². The van der Waals surface area contributed by atoms with Crippen molar-refractivity contribution in [2.45, 2.75) is 37.8 Å². The molecule has 2 aliphatic carbocycles. The van der Waals surface area contributed by atoms with Crippen LogP contribution in [0.1, 0.15) is 37.3 Å². The third-order valence-electron chi connectivity index (χ3n) is 4.23. The zero-order valence-electron chi connectivity index (χ0n) is 11.7. The predicted molar refractivity (Wildman–Crippen MR) is 77.2 cm³/mol. The highest BCUT2D eigenvalue weighted by atomic mass is 16.5. The van der Waals surface area contributed by atoms with Crippen molar-refractivity contribution in [3.05, 3.63) is 29.8 Å². The largest absolute Gasteiger partial charge is 0.497 e. The average Bonchev–Trinajstić information content (AvgIpc) is 3.29. The van der Waals surface area contributed by atoms with Crippen LogP contribution in [-0.4, -0.2) is 31.1 Å². The Morgan fingerprint density at radius 3 is 2.42 bits per heavy atom. The minimum Gasteiger partial charge on any atom is -0.497 e. The summed E-state index contributed by atoms with van der Waals surface area (Å²) in [5, 5.41) is 0. The summed E-state index contributed by atoms with van der Waals surface area (Å²) in [4.78, 5) is 2.62. The number of nitrogens with zero attached hydrogens (tertiary/aromatic N) is 1. The van der Waals surface area contributed by atoms with Gasteiger partial charge >= 0.3 is 0 Å². The number of hydrogen-bond donors (Lipinski definition) is 1. The molecule has 1 atom stereocenters. The molecule has 0 aromatic heterocycles. The number of ether oxygens (including phenoxy) is 1. The molecule has 19 heavy (non-hydrogen) atoms. The molecule has 2 N–H and O–H groups in total. The minimum absolute atomic E-state index is 0.116. The smallest absolute Gasteiger partial charge is 0.118 e. The summed E-state index contributed by atoms with van der Waals surface area (Å²) in [6.07, 6.45) is 5.56. The molecule has 0 amide bonds. The molecule has 0 bridgehead atoms. The van der Waals surface area contributed by atoms with Gasteiger partial charge in [0, 0.05) is 25.2 Å². The molecule has 1 unspecified atom stereocenters. The van der Waals surface area contributed by atoms with E-state index in [-0.39, 0.29) is 6.04 Å². The predicted octanol–water partition coefficient (Wildman–Crippen LogP) is 2.57. The maximum Gasteiger partial charge on any atom is 0.118 e. The third-order valence-corrected chi connectivity index (χ3v) is 4.23. The summed E-state index contributed by atoms with van der Waals surface area (Å²) >= 11 is 0. The van der Waals surface area contributed by atoms with Gasteiger partial charge in [0.05, 0.1) is 7.11 Å². The Morgan fingerprint density at radius 2 is 1.89 bits per heavy atom. The highest BCUT2D eigenvalue weighted by Crippen LogP contribution is 2.35. The van der Waals surface area contributed by atoms with Gasteiger partial charge in [0.2, 0.25) is 0 Å². The topological polar surface area (TPSA) is 38.5 Å². The first-order chi connectivity index (χ1) is 9.26. The summed E-state index contributed by atoms with van der Waals surface area (Å²) in [6.45, 7) is 2.25. The lowest BCUT2D eigenvalue weighted by Crippen LogP contribution is -2.35. The Balaban J connectivity index is 1.59. The number of benzene rings is 1. The molecule has 104 valence electrons. The normalized spacial score (nSPS) is 20.6. The molecule has 0 radical (unpaired) electrons. The summed E-state index contributed by atoms with van der Waals surface area (Å²) < 4.78 is 5.19. The Labute approximate surface area is 115 Å². The second-order valence-electron chi connectivity index (χ2n) is 6.01. The number of nitrogens with two attached hydrogens (primary N) is 1. The first-order valence-corrected chi connectivity index (χ1v) is 7.40. The van der Waals surface area contributed by atoms with Crippen LogP contribution in [0, 0.1) is 5.92 Å². The molecule has 0 heterocycles. The molecule has 0 saturated heterocycles. The van der Waals surface area contributed by atoms with Crippen molar-refractivity contribution in [3.8, 4) is 5.75 Å². The van der Waals surface area contributed by atoms with E-state index >= 15 is 0 Å². The van der Waals surface area contributed by atoms with Gasteiger partial charge in [0.1, 0.15) is 5.75 Å². The molecule has 3 rings (SSSR count). The summed E-state index contributed by atoms with van der Waals surface area (Å²) in [5.74, 6) is 1.84. The van der Waals surface area contributed by atoms with Crippen molar-refractivity contribution in [1.82, 2.24) is 4.90 Å². The van der Waals surface area contributed by atoms with E-state index in [4.69, 9.17) is 10.5 Å². The van der Waals surface area contributed by atoms with Crippen LogP contribution in [0.5, 0.6) is 5.75 Å². The van der Waals surface area contributed by atoms with Crippen LogP contribution in [0.2, 0.25) is 0 Å². The highest BCUT2D eigenvalue weighted by Gasteiger charge is 2.34. The molecule has 1 aromatic rings. The van der Waals surface area contributed by atoms with E-state index in [1.54, 1.807) is 7.11 Å². The number of hydrogen-bond acceptors (Lipinski definition) is 3. The van der Waals surface area contributed by atoms with Gasteiger partial charge in [-0.05, 0) is 49.3 Å². The van der Waals surface area contributed by atoms with Gasteiger partial charge in [0.25, 0.3) is 0 Å². The molecule has 2 fully saturated rings. The molecular formula is C16H24N2O. The quantitative estimate of drug-likeness (QED) is 0.819. The maximum atomic E-state index is 6.37. The second kappa shape index (κ2) is 5.51. The van der Waals surface area contributed by atoms with Crippen LogP contribution in [0.3, 0.4) is 0 Å². The maximum absolute atomic E-state index is 6.37. The monoisotopic (exact) mass is 260 g/mol. The van der Waals surface area contributed by atoms with Crippen molar-refractivity contribution >= 4 is 0 Å². The lowest BCUT2D eigenvalue weighted by Gasteiger charge is -2.25. The zero-order chi connectivity index (χ0) is 13.2. The van der Waals surface area contributed by atoms with E-state index in [2.05, 4.69) is 17.0 Å². The van der Waals surface area contributed by atoms with E-state index in [9.17, 15) is 0 Å². The molecular weight excluding hydrogens is 236 g/mol. The van der Waals surface area contributed by atoms with E-state index in [1.807, 2.05) is 12.1 Å². The van der Waals surface area contributed by atoms with Crippen molar-refractivity contribution in [2.24, 2.45) is 11.7 Å². The molecule has 3 heteroatoms. The SMILES string of the molecule is COc1ccc(C(N)CN(CC2CC2)C2CC2)cc1. The fraction of sp³-hybridized carbons (Fsp3) is 0.625. The van der Waals surface area contributed by atoms with Crippen LogP contribution in [-0.2, 0) is 0 Å². The molecule has 0 aliphatic heterocycles.